The lowest BCUT2D eigenvalue weighted by molar-refractivity contribution is -0.140. The van der Waals surface area contributed by atoms with E-state index in [1.165, 1.54) is 11.0 Å². The molecule has 3 aromatic rings. The summed E-state index contributed by atoms with van der Waals surface area (Å²) in [6.45, 7) is 4.55. The molecule has 7 nitrogen and oxygen atoms in total. The number of nitrogens with zero attached hydrogens (tertiary/aromatic N) is 2. The van der Waals surface area contributed by atoms with Gasteiger partial charge in [-0.2, -0.15) is 0 Å². The zero-order valence-corrected chi connectivity index (χ0v) is 26.1. The molecule has 0 saturated heterocycles. The average Bonchev–Trinajstić information content (AvgIpc) is 2.86. The summed E-state index contributed by atoms with van der Waals surface area (Å²) >= 11 is 18.8. The van der Waals surface area contributed by atoms with E-state index < -0.39 is 45.8 Å². The number of rotatable bonds is 10. The number of carbonyl (C=O) groups is 2. The van der Waals surface area contributed by atoms with Crippen LogP contribution in [-0.4, -0.2) is 49.5 Å². The first-order valence-electron chi connectivity index (χ1n) is 12.6. The van der Waals surface area contributed by atoms with Crippen molar-refractivity contribution in [1.82, 2.24) is 10.2 Å². The lowest BCUT2D eigenvalue weighted by Gasteiger charge is -2.35. The second-order valence-electron chi connectivity index (χ2n) is 10.5. The van der Waals surface area contributed by atoms with Crippen LogP contribution >= 0.6 is 34.8 Å². The van der Waals surface area contributed by atoms with Gasteiger partial charge in [-0.15, -0.1) is 0 Å². The molecule has 1 N–H and O–H groups in total. The Kier molecular flexibility index (Phi) is 10.7. The average molecular weight is 643 g/mol. The standard InChI is InChI=1S/C29H31Cl3FN3O4S/c1-29(2,3)34-28(38)26(15-19-9-6-5-7-10-19)35(17-21-22(30)11-8-12-23(21)31)27(37)18-36(41(4,39)40)20-13-14-25(33)24(32)16-20/h5-14,16,26H,15,17-18H2,1-4H3,(H,34,38). The van der Waals surface area contributed by atoms with E-state index in [9.17, 15) is 22.4 Å². The van der Waals surface area contributed by atoms with Gasteiger partial charge in [-0.05, 0) is 56.7 Å². The highest BCUT2D eigenvalue weighted by atomic mass is 35.5. The van der Waals surface area contributed by atoms with Gasteiger partial charge in [0.15, 0.2) is 0 Å². The van der Waals surface area contributed by atoms with E-state index in [0.717, 1.165) is 28.3 Å². The maximum atomic E-state index is 14.1. The maximum Gasteiger partial charge on any atom is 0.244 e. The van der Waals surface area contributed by atoms with Gasteiger partial charge in [-0.3, -0.25) is 13.9 Å². The molecular formula is C29H31Cl3FN3O4S. The lowest BCUT2D eigenvalue weighted by atomic mass is 10.0. The van der Waals surface area contributed by atoms with Crippen LogP contribution in [0.2, 0.25) is 15.1 Å². The number of carbonyl (C=O) groups excluding carboxylic acids is 2. The van der Waals surface area contributed by atoms with E-state index in [1.54, 1.807) is 18.2 Å². The minimum absolute atomic E-state index is 0.0123. The van der Waals surface area contributed by atoms with Gasteiger partial charge in [0.1, 0.15) is 18.4 Å². The molecule has 0 bridgehead atoms. The fourth-order valence-corrected chi connectivity index (χ4v) is 5.65. The SMILES string of the molecule is CC(C)(C)NC(=O)C(Cc1ccccc1)N(Cc1c(Cl)cccc1Cl)C(=O)CN(c1ccc(F)c(Cl)c1)S(C)(=O)=O. The van der Waals surface area contributed by atoms with E-state index in [1.807, 2.05) is 51.1 Å². The summed E-state index contributed by atoms with van der Waals surface area (Å²) in [6, 6.07) is 16.2. The predicted octanol–water partition coefficient (Wildman–Crippen LogP) is 6.11. The second kappa shape index (κ2) is 13.4. The van der Waals surface area contributed by atoms with Gasteiger partial charge in [0.2, 0.25) is 21.8 Å². The molecule has 0 heterocycles. The molecule has 3 rings (SSSR count). The van der Waals surface area contributed by atoms with Crippen LogP contribution < -0.4 is 9.62 Å². The summed E-state index contributed by atoms with van der Waals surface area (Å²) in [4.78, 5) is 29.1. The van der Waals surface area contributed by atoms with Gasteiger partial charge in [0.05, 0.1) is 17.0 Å². The number of amides is 2. The van der Waals surface area contributed by atoms with Crippen molar-refractivity contribution < 1.29 is 22.4 Å². The molecule has 0 fully saturated rings. The number of nitrogens with one attached hydrogen (secondary N) is 1. The molecule has 1 atom stereocenters. The Labute approximate surface area is 255 Å². The monoisotopic (exact) mass is 641 g/mol. The fourth-order valence-electron chi connectivity index (χ4n) is 4.11. The molecule has 220 valence electrons. The van der Waals surface area contributed by atoms with Crippen LogP contribution in [0.1, 0.15) is 31.9 Å². The number of anilines is 1. The Hall–Kier alpha value is -2.85. The molecule has 12 heteroatoms. The zero-order valence-electron chi connectivity index (χ0n) is 23.0. The van der Waals surface area contributed by atoms with E-state index in [0.29, 0.717) is 5.56 Å². The van der Waals surface area contributed by atoms with Crippen LogP contribution in [0.4, 0.5) is 10.1 Å². The predicted molar refractivity (Wildman–Crippen MR) is 162 cm³/mol. The highest BCUT2D eigenvalue weighted by molar-refractivity contribution is 7.92. The molecule has 0 radical (unpaired) electrons. The zero-order chi connectivity index (χ0) is 30.5. The van der Waals surface area contributed by atoms with Crippen LogP contribution in [0, 0.1) is 5.82 Å². The third-order valence-corrected chi connectivity index (χ3v) is 8.17. The number of benzene rings is 3. The van der Waals surface area contributed by atoms with Crippen molar-refractivity contribution in [2.45, 2.75) is 45.3 Å². The molecule has 3 aromatic carbocycles. The molecule has 0 aromatic heterocycles. The summed E-state index contributed by atoms with van der Waals surface area (Å²) in [5, 5.41) is 3.17. The third kappa shape index (κ3) is 9.07. The van der Waals surface area contributed by atoms with Gasteiger partial charge in [0, 0.05) is 34.1 Å². The van der Waals surface area contributed by atoms with Crippen molar-refractivity contribution in [3.8, 4) is 0 Å². The first-order chi connectivity index (χ1) is 19.1. The van der Waals surface area contributed by atoms with Crippen LogP contribution in [0.5, 0.6) is 0 Å². The molecule has 41 heavy (non-hydrogen) atoms. The second-order valence-corrected chi connectivity index (χ2v) is 13.7. The van der Waals surface area contributed by atoms with Gasteiger partial charge < -0.3 is 10.2 Å². The van der Waals surface area contributed by atoms with Gasteiger partial charge in [0.25, 0.3) is 0 Å². The van der Waals surface area contributed by atoms with Gasteiger partial charge >= 0.3 is 0 Å². The van der Waals surface area contributed by atoms with Gasteiger partial charge in [-0.1, -0.05) is 71.2 Å². The van der Waals surface area contributed by atoms with Crippen molar-refractivity contribution >= 4 is 62.3 Å². The lowest BCUT2D eigenvalue weighted by Crippen LogP contribution is -2.56. The summed E-state index contributed by atoms with van der Waals surface area (Å²) in [5.74, 6) is -1.91. The number of hydrogen-bond donors (Lipinski definition) is 1. The van der Waals surface area contributed by atoms with E-state index in [2.05, 4.69) is 5.32 Å². The Morgan fingerprint density at radius 2 is 1.54 bits per heavy atom. The highest BCUT2D eigenvalue weighted by Crippen LogP contribution is 2.29. The Balaban J connectivity index is 2.13. The number of sulfonamides is 1. The van der Waals surface area contributed by atoms with Crippen LogP contribution in [0.3, 0.4) is 0 Å². The molecule has 1 unspecified atom stereocenters. The molecule has 0 aliphatic carbocycles. The fraction of sp³-hybridized carbons (Fsp3) is 0.310. The first-order valence-corrected chi connectivity index (χ1v) is 15.6. The van der Waals surface area contributed by atoms with E-state index in [-0.39, 0.29) is 33.7 Å². The van der Waals surface area contributed by atoms with Crippen LogP contribution in [0.15, 0.2) is 66.7 Å². The minimum atomic E-state index is -4.05. The largest absolute Gasteiger partial charge is 0.350 e. The van der Waals surface area contributed by atoms with Crippen LogP contribution in [0.25, 0.3) is 0 Å². The van der Waals surface area contributed by atoms with Crippen LogP contribution in [-0.2, 0) is 32.6 Å². The van der Waals surface area contributed by atoms with Crippen molar-refractivity contribution in [2.75, 3.05) is 17.1 Å². The highest BCUT2D eigenvalue weighted by Gasteiger charge is 2.35. The van der Waals surface area contributed by atoms with Crippen molar-refractivity contribution in [2.24, 2.45) is 0 Å². The maximum absolute atomic E-state index is 14.1. The first kappa shape index (κ1) is 32.7. The number of halogens is 4. The smallest absolute Gasteiger partial charge is 0.244 e. The van der Waals surface area contributed by atoms with Crippen molar-refractivity contribution in [1.29, 1.82) is 0 Å². The molecule has 0 aliphatic rings. The Morgan fingerprint density at radius 3 is 2.07 bits per heavy atom. The van der Waals surface area contributed by atoms with E-state index >= 15 is 0 Å². The molecular weight excluding hydrogens is 612 g/mol. The summed E-state index contributed by atoms with van der Waals surface area (Å²) < 4.78 is 40.3. The molecule has 0 aliphatic heterocycles. The van der Waals surface area contributed by atoms with Gasteiger partial charge in [-0.25, -0.2) is 12.8 Å². The summed E-state index contributed by atoms with van der Waals surface area (Å²) in [7, 11) is -4.05. The number of hydrogen-bond acceptors (Lipinski definition) is 4. The quantitative estimate of drug-likeness (QED) is 0.289. The third-order valence-electron chi connectivity index (χ3n) is 6.03. The Bertz CT molecular complexity index is 1500. The minimum Gasteiger partial charge on any atom is -0.350 e. The summed E-state index contributed by atoms with van der Waals surface area (Å²) in [6.07, 6.45) is 1.04. The molecule has 0 saturated carbocycles. The van der Waals surface area contributed by atoms with Crippen molar-refractivity contribution in [3.05, 3.63) is 98.7 Å². The molecule has 0 spiro atoms. The Morgan fingerprint density at radius 1 is 0.927 bits per heavy atom. The van der Waals surface area contributed by atoms with Crippen molar-refractivity contribution in [3.63, 3.8) is 0 Å². The molecule has 2 amide bonds. The normalized spacial score (nSPS) is 12.5. The van der Waals surface area contributed by atoms with E-state index in [4.69, 9.17) is 34.8 Å². The topological polar surface area (TPSA) is 86.8 Å². The summed E-state index contributed by atoms with van der Waals surface area (Å²) in [5.41, 5.74) is 0.519.